The second-order valence-corrected chi connectivity index (χ2v) is 8.07. The standard InChI is InChI=1S/C16H14ClF3N2O3S/c17-14-9-21-6-4-15(14)25-12-5-7-22(10-12)26(23,24)13-3-1-2-11(8-13)16(18,19)20/h1-4,6,8-9,12H,5,7,10H2/t12-/m1/s1. The van der Waals surface area contributed by atoms with Crippen LogP contribution in [0.25, 0.3) is 0 Å². The third-order valence-electron chi connectivity index (χ3n) is 3.94. The summed E-state index contributed by atoms with van der Waals surface area (Å²) < 4.78 is 70.6. The first kappa shape index (κ1) is 18.9. The van der Waals surface area contributed by atoms with Crippen LogP contribution in [0.15, 0.2) is 47.6 Å². The molecule has 10 heteroatoms. The van der Waals surface area contributed by atoms with E-state index in [9.17, 15) is 21.6 Å². The summed E-state index contributed by atoms with van der Waals surface area (Å²) >= 11 is 5.96. The Hall–Kier alpha value is -1.84. The topological polar surface area (TPSA) is 59.5 Å². The number of ether oxygens (including phenoxy) is 1. The zero-order valence-corrected chi connectivity index (χ0v) is 14.9. The molecule has 1 fully saturated rings. The highest BCUT2D eigenvalue weighted by molar-refractivity contribution is 7.89. The molecule has 0 spiro atoms. The van der Waals surface area contributed by atoms with Crippen molar-refractivity contribution >= 4 is 21.6 Å². The average Bonchev–Trinajstić information content (AvgIpc) is 3.06. The van der Waals surface area contributed by atoms with Gasteiger partial charge >= 0.3 is 6.18 Å². The van der Waals surface area contributed by atoms with Crippen molar-refractivity contribution in [2.45, 2.75) is 23.6 Å². The number of nitrogens with zero attached hydrogens (tertiary/aromatic N) is 2. The molecule has 1 atom stereocenters. The van der Waals surface area contributed by atoms with Crippen LogP contribution in [-0.2, 0) is 16.2 Å². The minimum Gasteiger partial charge on any atom is -0.487 e. The molecule has 0 N–H and O–H groups in total. The highest BCUT2D eigenvalue weighted by Gasteiger charge is 2.36. The third kappa shape index (κ3) is 3.94. The largest absolute Gasteiger partial charge is 0.487 e. The molecular weight excluding hydrogens is 393 g/mol. The van der Waals surface area contributed by atoms with Crippen LogP contribution < -0.4 is 4.74 Å². The predicted molar refractivity (Wildman–Crippen MR) is 88.5 cm³/mol. The molecule has 0 aliphatic carbocycles. The fourth-order valence-electron chi connectivity index (χ4n) is 2.63. The Morgan fingerprint density at radius 2 is 2.04 bits per heavy atom. The van der Waals surface area contributed by atoms with Gasteiger partial charge in [-0.2, -0.15) is 17.5 Å². The van der Waals surface area contributed by atoms with E-state index < -0.39 is 32.8 Å². The maximum atomic E-state index is 12.8. The minimum absolute atomic E-state index is 0.0250. The van der Waals surface area contributed by atoms with Crippen molar-refractivity contribution < 1.29 is 26.3 Å². The summed E-state index contributed by atoms with van der Waals surface area (Å²) in [6.07, 6.45) is -1.76. The van der Waals surface area contributed by atoms with Crippen LogP contribution in [-0.4, -0.2) is 36.9 Å². The molecule has 1 aliphatic rings. The Balaban J connectivity index is 1.76. The lowest BCUT2D eigenvalue weighted by Gasteiger charge is -2.18. The van der Waals surface area contributed by atoms with Crippen LogP contribution in [0, 0.1) is 0 Å². The lowest BCUT2D eigenvalue weighted by Crippen LogP contribution is -2.31. The van der Waals surface area contributed by atoms with Gasteiger partial charge in [0, 0.05) is 25.0 Å². The molecule has 140 valence electrons. The summed E-state index contributed by atoms with van der Waals surface area (Å²) in [7, 11) is -4.05. The number of rotatable bonds is 4. The zero-order chi connectivity index (χ0) is 18.9. The van der Waals surface area contributed by atoms with Gasteiger partial charge in [-0.15, -0.1) is 0 Å². The summed E-state index contributed by atoms with van der Waals surface area (Å²) in [5, 5.41) is 0.298. The lowest BCUT2D eigenvalue weighted by atomic mass is 10.2. The third-order valence-corrected chi connectivity index (χ3v) is 6.08. The predicted octanol–water partition coefficient (Wildman–Crippen LogP) is 3.60. The molecule has 2 heterocycles. The monoisotopic (exact) mass is 406 g/mol. The van der Waals surface area contributed by atoms with Gasteiger partial charge in [-0.3, -0.25) is 4.98 Å². The van der Waals surface area contributed by atoms with Crippen LogP contribution in [0.1, 0.15) is 12.0 Å². The Kier molecular flexibility index (Phi) is 5.14. The first-order chi connectivity index (χ1) is 12.2. The molecule has 26 heavy (non-hydrogen) atoms. The van der Waals surface area contributed by atoms with Gasteiger partial charge in [0.05, 0.1) is 17.0 Å². The number of benzene rings is 1. The van der Waals surface area contributed by atoms with Gasteiger partial charge in [-0.1, -0.05) is 17.7 Å². The molecule has 1 aromatic heterocycles. The first-order valence-corrected chi connectivity index (χ1v) is 9.43. The van der Waals surface area contributed by atoms with E-state index in [1.807, 2.05) is 0 Å². The summed E-state index contributed by atoms with van der Waals surface area (Å²) in [5.41, 5.74) is -1.01. The zero-order valence-electron chi connectivity index (χ0n) is 13.3. The van der Waals surface area contributed by atoms with E-state index in [1.54, 1.807) is 6.07 Å². The smallest absolute Gasteiger partial charge is 0.416 e. The highest BCUT2D eigenvalue weighted by atomic mass is 35.5. The van der Waals surface area contributed by atoms with E-state index in [2.05, 4.69) is 4.98 Å². The van der Waals surface area contributed by atoms with Crippen LogP contribution >= 0.6 is 11.6 Å². The minimum atomic E-state index is -4.61. The van der Waals surface area contributed by atoms with E-state index in [1.165, 1.54) is 12.4 Å². The number of pyridine rings is 1. The van der Waals surface area contributed by atoms with Gasteiger partial charge < -0.3 is 4.74 Å². The van der Waals surface area contributed by atoms with E-state index in [0.717, 1.165) is 22.5 Å². The van der Waals surface area contributed by atoms with Crippen molar-refractivity contribution in [3.8, 4) is 5.75 Å². The Bertz CT molecular complexity index is 906. The molecule has 1 aromatic carbocycles. The second-order valence-electron chi connectivity index (χ2n) is 5.72. The fourth-order valence-corrected chi connectivity index (χ4v) is 4.33. The van der Waals surface area contributed by atoms with Crippen molar-refractivity contribution in [2.75, 3.05) is 13.1 Å². The van der Waals surface area contributed by atoms with E-state index in [0.29, 0.717) is 23.3 Å². The van der Waals surface area contributed by atoms with Crippen molar-refractivity contribution in [3.05, 3.63) is 53.3 Å². The van der Waals surface area contributed by atoms with Crippen LogP contribution in [0.2, 0.25) is 5.02 Å². The van der Waals surface area contributed by atoms with Crippen LogP contribution in [0.5, 0.6) is 5.75 Å². The summed E-state index contributed by atoms with van der Waals surface area (Å²) in [5.74, 6) is 0.380. The van der Waals surface area contributed by atoms with Crippen LogP contribution in [0.3, 0.4) is 0 Å². The summed E-state index contributed by atoms with van der Waals surface area (Å²) in [6.45, 7) is 0.170. The van der Waals surface area contributed by atoms with Gasteiger partial charge in [0.1, 0.15) is 16.9 Å². The van der Waals surface area contributed by atoms with E-state index in [4.69, 9.17) is 16.3 Å². The number of aromatic nitrogens is 1. The molecule has 1 aliphatic heterocycles. The number of hydrogen-bond acceptors (Lipinski definition) is 4. The van der Waals surface area contributed by atoms with Gasteiger partial charge in [0.2, 0.25) is 10.0 Å². The molecule has 0 saturated carbocycles. The number of alkyl halides is 3. The Morgan fingerprint density at radius 3 is 2.73 bits per heavy atom. The second kappa shape index (κ2) is 7.05. The van der Waals surface area contributed by atoms with Gasteiger partial charge in [0.25, 0.3) is 0 Å². The van der Waals surface area contributed by atoms with Crippen molar-refractivity contribution in [2.24, 2.45) is 0 Å². The van der Waals surface area contributed by atoms with Gasteiger partial charge in [0.15, 0.2) is 0 Å². The molecule has 0 bridgehead atoms. The lowest BCUT2D eigenvalue weighted by molar-refractivity contribution is -0.137. The van der Waals surface area contributed by atoms with Crippen molar-refractivity contribution in [3.63, 3.8) is 0 Å². The number of sulfonamides is 1. The molecule has 0 amide bonds. The molecule has 2 aromatic rings. The van der Waals surface area contributed by atoms with Gasteiger partial charge in [-0.05, 0) is 24.6 Å². The van der Waals surface area contributed by atoms with E-state index in [-0.39, 0.29) is 13.1 Å². The summed E-state index contributed by atoms with van der Waals surface area (Å²) in [4.78, 5) is 3.44. The van der Waals surface area contributed by atoms with Crippen molar-refractivity contribution in [1.29, 1.82) is 0 Å². The SMILES string of the molecule is O=S(=O)(c1cccc(C(F)(F)F)c1)N1CC[C@@H](Oc2ccncc2Cl)C1. The Labute approximate surface area is 153 Å². The Morgan fingerprint density at radius 1 is 1.27 bits per heavy atom. The molecule has 1 saturated heterocycles. The molecule has 5 nitrogen and oxygen atoms in total. The first-order valence-electron chi connectivity index (χ1n) is 7.61. The van der Waals surface area contributed by atoms with Crippen LogP contribution in [0.4, 0.5) is 13.2 Å². The highest BCUT2D eigenvalue weighted by Crippen LogP contribution is 2.32. The maximum Gasteiger partial charge on any atom is 0.416 e. The van der Waals surface area contributed by atoms with Gasteiger partial charge in [-0.25, -0.2) is 8.42 Å². The molecule has 0 radical (unpaired) electrons. The fraction of sp³-hybridized carbons (Fsp3) is 0.312. The average molecular weight is 407 g/mol. The quantitative estimate of drug-likeness (QED) is 0.778. The molecule has 0 unspecified atom stereocenters. The number of halogens is 4. The summed E-state index contributed by atoms with van der Waals surface area (Å²) in [6, 6.07) is 5.27. The molecular formula is C16H14ClF3N2O3S. The van der Waals surface area contributed by atoms with Crippen molar-refractivity contribution in [1.82, 2.24) is 9.29 Å². The van der Waals surface area contributed by atoms with E-state index >= 15 is 0 Å². The maximum absolute atomic E-state index is 12.8. The number of hydrogen-bond donors (Lipinski definition) is 0. The molecule has 3 rings (SSSR count). The normalized spacial score (nSPS) is 18.8.